The number of carbonyl (C=O) groups excluding carboxylic acids is 1. The average molecular weight is 291 g/mol. The lowest BCUT2D eigenvalue weighted by molar-refractivity contribution is -0.120. The maximum atomic E-state index is 11.8. The van der Waals surface area contributed by atoms with Crippen LogP contribution in [-0.2, 0) is 17.8 Å². The van der Waals surface area contributed by atoms with E-state index in [4.69, 9.17) is 16.3 Å². The summed E-state index contributed by atoms with van der Waals surface area (Å²) in [5.41, 5.74) is 1.73. The van der Waals surface area contributed by atoms with Crippen LogP contribution in [0, 0.1) is 0 Å². The Morgan fingerprint density at radius 3 is 2.75 bits per heavy atom. The van der Waals surface area contributed by atoms with Gasteiger partial charge < -0.3 is 10.1 Å². The van der Waals surface area contributed by atoms with Crippen molar-refractivity contribution in [2.75, 3.05) is 7.11 Å². The number of aromatic nitrogens is 1. The summed E-state index contributed by atoms with van der Waals surface area (Å²) in [6.45, 7) is 0.431. The first-order chi connectivity index (χ1) is 9.69. The largest absolute Gasteiger partial charge is 0.481 e. The number of nitrogens with zero attached hydrogens (tertiary/aromatic N) is 1. The Hall–Kier alpha value is -2.07. The second-order valence-corrected chi connectivity index (χ2v) is 4.66. The Bertz CT molecular complexity index is 585. The van der Waals surface area contributed by atoms with Gasteiger partial charge in [-0.1, -0.05) is 35.9 Å². The average Bonchev–Trinajstić information content (AvgIpc) is 2.48. The molecule has 5 heteroatoms. The molecule has 0 aliphatic carbocycles. The molecule has 1 amide bonds. The van der Waals surface area contributed by atoms with Gasteiger partial charge in [-0.15, -0.1) is 0 Å². The van der Waals surface area contributed by atoms with E-state index in [1.54, 1.807) is 25.4 Å². The van der Waals surface area contributed by atoms with E-state index in [-0.39, 0.29) is 12.3 Å². The van der Waals surface area contributed by atoms with Crippen molar-refractivity contribution in [2.45, 2.75) is 13.0 Å². The number of ether oxygens (including phenoxy) is 1. The number of nitrogens with one attached hydrogen (secondary N) is 1. The van der Waals surface area contributed by atoms with Crippen molar-refractivity contribution >= 4 is 17.5 Å². The van der Waals surface area contributed by atoms with Crippen LogP contribution in [0.3, 0.4) is 0 Å². The van der Waals surface area contributed by atoms with E-state index < -0.39 is 0 Å². The van der Waals surface area contributed by atoms with Crippen LogP contribution in [0.15, 0.2) is 42.6 Å². The predicted octanol–water partition coefficient (Wildman–Crippen LogP) is 2.60. The molecular formula is C15H15ClN2O2. The highest BCUT2D eigenvalue weighted by Crippen LogP contribution is 2.15. The molecule has 0 aliphatic heterocycles. The number of amides is 1. The maximum absolute atomic E-state index is 11.8. The molecule has 2 aromatic rings. The predicted molar refractivity (Wildman–Crippen MR) is 77.8 cm³/mol. The molecule has 0 unspecified atom stereocenters. The van der Waals surface area contributed by atoms with Crippen LogP contribution in [0.25, 0.3) is 0 Å². The topological polar surface area (TPSA) is 51.2 Å². The maximum Gasteiger partial charge on any atom is 0.224 e. The summed E-state index contributed by atoms with van der Waals surface area (Å²) in [5, 5.41) is 3.44. The van der Waals surface area contributed by atoms with Crippen LogP contribution in [0.2, 0.25) is 5.02 Å². The fourth-order valence-corrected chi connectivity index (χ4v) is 1.92. The van der Waals surface area contributed by atoms with Crippen molar-refractivity contribution in [2.24, 2.45) is 0 Å². The van der Waals surface area contributed by atoms with Gasteiger partial charge in [-0.2, -0.15) is 0 Å². The Labute approximate surface area is 122 Å². The molecule has 104 valence electrons. The van der Waals surface area contributed by atoms with Crippen molar-refractivity contribution in [1.29, 1.82) is 0 Å². The number of rotatable bonds is 5. The van der Waals surface area contributed by atoms with Gasteiger partial charge in [0.25, 0.3) is 0 Å². The zero-order chi connectivity index (χ0) is 14.4. The van der Waals surface area contributed by atoms with E-state index in [0.717, 1.165) is 11.1 Å². The van der Waals surface area contributed by atoms with Crippen LogP contribution in [0.4, 0.5) is 0 Å². The molecule has 0 saturated heterocycles. The van der Waals surface area contributed by atoms with Crippen LogP contribution < -0.4 is 10.1 Å². The highest BCUT2D eigenvalue weighted by Gasteiger charge is 2.06. The van der Waals surface area contributed by atoms with Crippen molar-refractivity contribution in [3.8, 4) is 5.88 Å². The van der Waals surface area contributed by atoms with E-state index in [1.165, 1.54) is 0 Å². The lowest BCUT2D eigenvalue weighted by atomic mass is 10.1. The molecule has 0 atom stereocenters. The molecule has 1 N–H and O–H groups in total. The summed E-state index contributed by atoms with van der Waals surface area (Å²) in [6.07, 6.45) is 1.94. The molecule has 0 radical (unpaired) electrons. The third kappa shape index (κ3) is 3.96. The second kappa shape index (κ2) is 6.91. The number of carbonyl (C=O) groups is 1. The number of methoxy groups -OCH3 is 1. The molecule has 1 aromatic heterocycles. The van der Waals surface area contributed by atoms with Crippen molar-refractivity contribution in [3.05, 3.63) is 58.7 Å². The Kier molecular flexibility index (Phi) is 4.96. The molecule has 0 spiro atoms. The summed E-state index contributed by atoms with van der Waals surface area (Å²) < 4.78 is 4.97. The molecule has 4 nitrogen and oxygen atoms in total. The first kappa shape index (κ1) is 14.3. The van der Waals surface area contributed by atoms with Gasteiger partial charge in [0.1, 0.15) is 0 Å². The van der Waals surface area contributed by atoms with Gasteiger partial charge in [-0.05, 0) is 17.2 Å². The van der Waals surface area contributed by atoms with Crippen LogP contribution >= 0.6 is 11.6 Å². The lowest BCUT2D eigenvalue weighted by Crippen LogP contribution is -2.24. The van der Waals surface area contributed by atoms with Gasteiger partial charge in [-0.25, -0.2) is 4.98 Å². The van der Waals surface area contributed by atoms with E-state index in [0.29, 0.717) is 17.4 Å². The zero-order valence-corrected chi connectivity index (χ0v) is 11.9. The number of halogens is 1. The van der Waals surface area contributed by atoms with Crippen molar-refractivity contribution in [3.63, 3.8) is 0 Å². The summed E-state index contributed by atoms with van der Waals surface area (Å²) in [7, 11) is 1.56. The zero-order valence-electron chi connectivity index (χ0n) is 11.1. The first-order valence-corrected chi connectivity index (χ1v) is 6.56. The normalized spacial score (nSPS) is 10.1. The number of pyridine rings is 1. The quantitative estimate of drug-likeness (QED) is 0.921. The first-order valence-electron chi connectivity index (χ1n) is 6.18. The number of hydrogen-bond acceptors (Lipinski definition) is 3. The van der Waals surface area contributed by atoms with E-state index in [1.807, 2.05) is 24.3 Å². The molecule has 0 saturated carbocycles. The Morgan fingerprint density at radius 2 is 2.10 bits per heavy atom. The molecule has 0 aliphatic rings. The third-order valence-electron chi connectivity index (χ3n) is 2.81. The van der Waals surface area contributed by atoms with Gasteiger partial charge >= 0.3 is 0 Å². The molecule has 1 aromatic carbocycles. The van der Waals surface area contributed by atoms with E-state index >= 15 is 0 Å². The number of benzene rings is 1. The van der Waals surface area contributed by atoms with Gasteiger partial charge in [-0.3, -0.25) is 4.79 Å². The van der Waals surface area contributed by atoms with Crippen molar-refractivity contribution < 1.29 is 9.53 Å². The van der Waals surface area contributed by atoms with E-state index in [2.05, 4.69) is 10.3 Å². The van der Waals surface area contributed by atoms with E-state index in [9.17, 15) is 4.79 Å². The lowest BCUT2D eigenvalue weighted by Gasteiger charge is -2.07. The molecule has 0 fully saturated rings. The minimum atomic E-state index is -0.0751. The minimum Gasteiger partial charge on any atom is -0.481 e. The minimum absolute atomic E-state index is 0.0751. The van der Waals surface area contributed by atoms with Crippen LogP contribution in [0.5, 0.6) is 5.88 Å². The van der Waals surface area contributed by atoms with Gasteiger partial charge in [0, 0.05) is 23.8 Å². The summed E-state index contributed by atoms with van der Waals surface area (Å²) in [6, 6.07) is 10.9. The van der Waals surface area contributed by atoms with Gasteiger partial charge in [0.2, 0.25) is 11.8 Å². The summed E-state index contributed by atoms with van der Waals surface area (Å²) in [4.78, 5) is 15.9. The van der Waals surface area contributed by atoms with Crippen LogP contribution in [0.1, 0.15) is 11.1 Å². The van der Waals surface area contributed by atoms with Crippen LogP contribution in [-0.4, -0.2) is 18.0 Å². The Balaban J connectivity index is 1.87. The standard InChI is InChI=1S/C15H15ClN2O2/c1-20-15-7-6-11(10-18-15)9-17-14(19)8-12-4-2-3-5-13(12)16/h2-7,10H,8-9H2,1H3,(H,17,19). The number of hydrogen-bond donors (Lipinski definition) is 1. The highest BCUT2D eigenvalue weighted by atomic mass is 35.5. The SMILES string of the molecule is COc1ccc(CNC(=O)Cc2ccccc2Cl)cn1. The monoisotopic (exact) mass is 290 g/mol. The smallest absolute Gasteiger partial charge is 0.224 e. The molecule has 0 bridgehead atoms. The molecule has 20 heavy (non-hydrogen) atoms. The van der Waals surface area contributed by atoms with Gasteiger partial charge in [0.15, 0.2) is 0 Å². The van der Waals surface area contributed by atoms with Crippen molar-refractivity contribution in [1.82, 2.24) is 10.3 Å². The molecular weight excluding hydrogens is 276 g/mol. The molecule has 2 rings (SSSR count). The summed E-state index contributed by atoms with van der Waals surface area (Å²) >= 11 is 6.01. The fourth-order valence-electron chi connectivity index (χ4n) is 1.71. The highest BCUT2D eigenvalue weighted by molar-refractivity contribution is 6.31. The van der Waals surface area contributed by atoms with Gasteiger partial charge in [0.05, 0.1) is 13.5 Å². The third-order valence-corrected chi connectivity index (χ3v) is 3.17. The molecule has 1 heterocycles. The second-order valence-electron chi connectivity index (χ2n) is 4.25. The fraction of sp³-hybridized carbons (Fsp3) is 0.200. The summed E-state index contributed by atoms with van der Waals surface area (Å²) in [5.74, 6) is 0.477. The Morgan fingerprint density at radius 1 is 1.30 bits per heavy atom.